The zero-order valence-corrected chi connectivity index (χ0v) is 19.3. The SMILES string of the molecule is CCOc1cc2c(cc1OCC)C(c1cc(OC)c(C(C)(C)C)cc1OC)NCC2. The molecule has 1 aliphatic rings. The predicted molar refractivity (Wildman–Crippen MR) is 121 cm³/mol. The lowest BCUT2D eigenvalue weighted by Gasteiger charge is -2.31. The first-order valence-electron chi connectivity index (χ1n) is 10.8. The number of rotatable bonds is 7. The van der Waals surface area contributed by atoms with Crippen LogP contribution in [0.15, 0.2) is 24.3 Å². The summed E-state index contributed by atoms with van der Waals surface area (Å²) in [4.78, 5) is 0. The minimum Gasteiger partial charge on any atom is -0.496 e. The van der Waals surface area contributed by atoms with Crippen LogP contribution in [0.1, 0.15) is 62.9 Å². The van der Waals surface area contributed by atoms with Crippen molar-refractivity contribution < 1.29 is 18.9 Å². The van der Waals surface area contributed by atoms with Crippen LogP contribution in [0, 0.1) is 0 Å². The monoisotopic (exact) mass is 413 g/mol. The van der Waals surface area contributed by atoms with E-state index in [1.165, 1.54) is 11.1 Å². The second-order valence-corrected chi connectivity index (χ2v) is 8.55. The lowest BCUT2D eigenvalue weighted by molar-refractivity contribution is 0.286. The van der Waals surface area contributed by atoms with Crippen molar-refractivity contribution >= 4 is 0 Å². The van der Waals surface area contributed by atoms with Gasteiger partial charge in [-0.25, -0.2) is 0 Å². The molecule has 164 valence electrons. The minimum atomic E-state index is -0.0520. The van der Waals surface area contributed by atoms with Gasteiger partial charge >= 0.3 is 0 Å². The molecule has 0 bridgehead atoms. The number of fused-ring (bicyclic) bond motifs is 1. The van der Waals surface area contributed by atoms with Crippen molar-refractivity contribution in [3.8, 4) is 23.0 Å². The maximum Gasteiger partial charge on any atom is 0.161 e. The van der Waals surface area contributed by atoms with E-state index in [1.54, 1.807) is 14.2 Å². The molecule has 0 fully saturated rings. The molecule has 2 aromatic carbocycles. The summed E-state index contributed by atoms with van der Waals surface area (Å²) < 4.78 is 23.4. The summed E-state index contributed by atoms with van der Waals surface area (Å²) in [7, 11) is 3.45. The van der Waals surface area contributed by atoms with E-state index in [-0.39, 0.29) is 11.5 Å². The molecule has 1 heterocycles. The maximum absolute atomic E-state index is 5.90. The van der Waals surface area contributed by atoms with Crippen LogP contribution in [0.25, 0.3) is 0 Å². The van der Waals surface area contributed by atoms with E-state index >= 15 is 0 Å². The molecule has 0 aromatic heterocycles. The highest BCUT2D eigenvalue weighted by Gasteiger charge is 2.29. The van der Waals surface area contributed by atoms with Crippen molar-refractivity contribution in [1.82, 2.24) is 5.32 Å². The third-order valence-electron chi connectivity index (χ3n) is 5.53. The lowest BCUT2D eigenvalue weighted by atomic mass is 9.83. The molecule has 1 atom stereocenters. The van der Waals surface area contributed by atoms with Crippen molar-refractivity contribution in [2.45, 2.75) is 52.5 Å². The summed E-state index contributed by atoms with van der Waals surface area (Å²) in [5.74, 6) is 3.33. The Morgan fingerprint density at radius 1 is 0.833 bits per heavy atom. The molecule has 5 nitrogen and oxygen atoms in total. The Kier molecular flexibility index (Phi) is 6.81. The Balaban J connectivity index is 2.15. The van der Waals surface area contributed by atoms with E-state index in [1.807, 2.05) is 13.8 Å². The Hall–Kier alpha value is -2.40. The summed E-state index contributed by atoms with van der Waals surface area (Å²) in [6.45, 7) is 12.6. The van der Waals surface area contributed by atoms with E-state index in [0.29, 0.717) is 13.2 Å². The molecule has 0 saturated carbocycles. The van der Waals surface area contributed by atoms with E-state index < -0.39 is 0 Å². The average molecular weight is 414 g/mol. The molecule has 1 N–H and O–H groups in total. The number of ether oxygens (including phenoxy) is 4. The first kappa shape index (κ1) is 22.3. The van der Waals surface area contributed by atoms with Crippen molar-refractivity contribution in [3.63, 3.8) is 0 Å². The molecule has 1 aliphatic heterocycles. The topological polar surface area (TPSA) is 49.0 Å². The molecule has 0 spiro atoms. The molecule has 30 heavy (non-hydrogen) atoms. The summed E-state index contributed by atoms with van der Waals surface area (Å²) in [5.41, 5.74) is 4.60. The fourth-order valence-corrected chi connectivity index (χ4v) is 4.11. The molecule has 2 aromatic rings. The fraction of sp³-hybridized carbons (Fsp3) is 0.520. The normalized spacial score (nSPS) is 16.0. The van der Waals surface area contributed by atoms with Gasteiger partial charge in [-0.1, -0.05) is 20.8 Å². The Labute approximate surface area is 180 Å². The Morgan fingerprint density at radius 2 is 1.43 bits per heavy atom. The largest absolute Gasteiger partial charge is 0.496 e. The quantitative estimate of drug-likeness (QED) is 0.690. The Morgan fingerprint density at radius 3 is 2.00 bits per heavy atom. The van der Waals surface area contributed by atoms with Crippen LogP contribution in [0.2, 0.25) is 0 Å². The maximum atomic E-state index is 5.90. The van der Waals surface area contributed by atoms with Crippen LogP contribution in [-0.4, -0.2) is 34.0 Å². The second kappa shape index (κ2) is 9.17. The molecule has 3 rings (SSSR count). The first-order valence-corrected chi connectivity index (χ1v) is 10.8. The summed E-state index contributed by atoms with van der Waals surface area (Å²) in [6, 6.07) is 8.46. The summed E-state index contributed by atoms with van der Waals surface area (Å²) in [6.07, 6.45) is 0.942. The van der Waals surface area contributed by atoms with E-state index in [2.05, 4.69) is 50.4 Å². The van der Waals surface area contributed by atoms with Gasteiger partial charge in [0, 0.05) is 17.7 Å². The van der Waals surface area contributed by atoms with Crippen molar-refractivity contribution in [3.05, 3.63) is 46.5 Å². The van der Waals surface area contributed by atoms with E-state index in [4.69, 9.17) is 18.9 Å². The summed E-state index contributed by atoms with van der Waals surface area (Å²) in [5, 5.41) is 3.66. The number of hydrogen-bond acceptors (Lipinski definition) is 5. The zero-order valence-electron chi connectivity index (χ0n) is 19.3. The van der Waals surface area contributed by atoms with E-state index in [0.717, 1.165) is 47.1 Å². The van der Waals surface area contributed by atoms with Crippen LogP contribution in [0.3, 0.4) is 0 Å². The first-order chi connectivity index (χ1) is 14.3. The van der Waals surface area contributed by atoms with Gasteiger partial charge < -0.3 is 24.3 Å². The van der Waals surface area contributed by atoms with Crippen LogP contribution in [-0.2, 0) is 11.8 Å². The molecule has 1 unspecified atom stereocenters. The van der Waals surface area contributed by atoms with Crippen LogP contribution in [0.5, 0.6) is 23.0 Å². The number of methoxy groups -OCH3 is 2. The van der Waals surface area contributed by atoms with Crippen LogP contribution >= 0.6 is 0 Å². The van der Waals surface area contributed by atoms with Gasteiger partial charge in [-0.05, 0) is 61.1 Å². The third-order valence-corrected chi connectivity index (χ3v) is 5.53. The minimum absolute atomic E-state index is 0.0125. The zero-order chi connectivity index (χ0) is 21.9. The second-order valence-electron chi connectivity index (χ2n) is 8.55. The number of hydrogen-bond donors (Lipinski definition) is 1. The highest BCUT2D eigenvalue weighted by atomic mass is 16.5. The van der Waals surface area contributed by atoms with Gasteiger partial charge in [-0.15, -0.1) is 0 Å². The van der Waals surface area contributed by atoms with Crippen molar-refractivity contribution in [2.24, 2.45) is 0 Å². The lowest BCUT2D eigenvalue weighted by Crippen LogP contribution is -2.31. The molecular weight excluding hydrogens is 378 g/mol. The molecule has 0 amide bonds. The molecule has 0 aliphatic carbocycles. The predicted octanol–water partition coefficient (Wildman–Crippen LogP) is 5.03. The van der Waals surface area contributed by atoms with Gasteiger partial charge in [0.1, 0.15) is 11.5 Å². The number of nitrogens with one attached hydrogen (secondary N) is 1. The third kappa shape index (κ3) is 4.36. The fourth-order valence-electron chi connectivity index (χ4n) is 4.11. The van der Waals surface area contributed by atoms with Gasteiger partial charge in [0.2, 0.25) is 0 Å². The number of benzene rings is 2. The van der Waals surface area contributed by atoms with Gasteiger partial charge in [0.25, 0.3) is 0 Å². The van der Waals surface area contributed by atoms with E-state index in [9.17, 15) is 0 Å². The Bertz CT molecular complexity index is 886. The average Bonchev–Trinajstić information content (AvgIpc) is 2.72. The van der Waals surface area contributed by atoms with Gasteiger partial charge in [0.05, 0.1) is 33.5 Å². The van der Waals surface area contributed by atoms with Crippen molar-refractivity contribution in [2.75, 3.05) is 34.0 Å². The smallest absolute Gasteiger partial charge is 0.161 e. The molecule has 0 radical (unpaired) electrons. The van der Waals surface area contributed by atoms with Gasteiger partial charge in [-0.2, -0.15) is 0 Å². The standard InChI is InChI=1S/C25H35NO4/c1-8-29-22-12-16-10-11-26-24(17(16)13-23(22)30-9-2)18-14-21(28-7)19(25(3,4)5)15-20(18)27-6/h12-15,24,26H,8-11H2,1-7H3. The van der Waals surface area contributed by atoms with Gasteiger partial charge in [-0.3, -0.25) is 0 Å². The van der Waals surface area contributed by atoms with Crippen molar-refractivity contribution in [1.29, 1.82) is 0 Å². The summed E-state index contributed by atoms with van der Waals surface area (Å²) >= 11 is 0. The molecular formula is C25H35NO4. The highest BCUT2D eigenvalue weighted by Crippen LogP contribution is 2.43. The molecule has 0 saturated heterocycles. The van der Waals surface area contributed by atoms with Crippen LogP contribution < -0.4 is 24.3 Å². The van der Waals surface area contributed by atoms with Gasteiger partial charge in [0.15, 0.2) is 11.5 Å². The molecule has 5 heteroatoms. The van der Waals surface area contributed by atoms with Crippen LogP contribution in [0.4, 0.5) is 0 Å². The highest BCUT2D eigenvalue weighted by molar-refractivity contribution is 5.56.